The lowest BCUT2D eigenvalue weighted by atomic mass is 10.1. The lowest BCUT2D eigenvalue weighted by molar-refractivity contribution is 0.760. The van der Waals surface area contributed by atoms with Crippen LogP contribution in [0.15, 0.2) is 67.0 Å². The van der Waals surface area contributed by atoms with Gasteiger partial charge in [0, 0.05) is 42.3 Å². The fourth-order valence-corrected chi connectivity index (χ4v) is 3.26. The monoisotopic (exact) mass is 342 g/mol. The second kappa shape index (κ2) is 7.00. The first kappa shape index (κ1) is 16.3. The molecule has 0 saturated carbocycles. The first-order valence-corrected chi connectivity index (χ1v) is 8.85. The van der Waals surface area contributed by atoms with Crippen LogP contribution in [0.5, 0.6) is 0 Å². The van der Waals surface area contributed by atoms with E-state index in [1.54, 1.807) is 0 Å². The van der Waals surface area contributed by atoms with Gasteiger partial charge >= 0.3 is 0 Å². The first-order chi connectivity index (χ1) is 12.7. The van der Waals surface area contributed by atoms with Crippen LogP contribution in [0.3, 0.4) is 0 Å². The fraction of sp³-hybridized carbons (Fsp3) is 0.182. The molecule has 26 heavy (non-hydrogen) atoms. The number of para-hydroxylation sites is 1. The van der Waals surface area contributed by atoms with E-state index in [0.29, 0.717) is 0 Å². The first-order valence-electron chi connectivity index (χ1n) is 8.85. The third-order valence-electron chi connectivity index (χ3n) is 4.60. The van der Waals surface area contributed by atoms with Gasteiger partial charge in [-0.05, 0) is 37.1 Å². The Hall–Kier alpha value is -3.14. The Morgan fingerprint density at radius 2 is 1.81 bits per heavy atom. The summed E-state index contributed by atoms with van der Waals surface area (Å²) in [5.74, 6) is 1.03. The number of benzene rings is 2. The van der Waals surface area contributed by atoms with Crippen molar-refractivity contribution in [2.45, 2.75) is 26.9 Å². The Balaban J connectivity index is 1.54. The average molecular weight is 342 g/mol. The predicted molar refractivity (Wildman–Crippen MR) is 106 cm³/mol. The molecule has 4 heteroatoms. The molecule has 0 unspecified atom stereocenters. The van der Waals surface area contributed by atoms with Gasteiger partial charge in [-0.3, -0.25) is 4.98 Å². The van der Waals surface area contributed by atoms with Crippen LogP contribution in [0.1, 0.15) is 22.6 Å². The fourth-order valence-electron chi connectivity index (χ4n) is 3.26. The highest BCUT2D eigenvalue weighted by Crippen LogP contribution is 2.23. The molecule has 0 bridgehead atoms. The molecule has 0 radical (unpaired) electrons. The zero-order valence-electron chi connectivity index (χ0n) is 15.1. The summed E-state index contributed by atoms with van der Waals surface area (Å²) < 4.78 is 2.16. The van der Waals surface area contributed by atoms with Crippen LogP contribution >= 0.6 is 0 Å². The summed E-state index contributed by atoms with van der Waals surface area (Å²) in [6.45, 7) is 5.69. The Morgan fingerprint density at radius 3 is 2.65 bits per heavy atom. The molecule has 0 atom stereocenters. The molecule has 2 aromatic heterocycles. The van der Waals surface area contributed by atoms with Crippen molar-refractivity contribution in [1.29, 1.82) is 0 Å². The Morgan fingerprint density at radius 1 is 0.962 bits per heavy atom. The number of hydrogen-bond donors (Lipinski definition) is 1. The molecule has 0 fully saturated rings. The molecule has 0 aliphatic carbocycles. The molecule has 0 saturated heterocycles. The summed E-state index contributed by atoms with van der Waals surface area (Å²) in [6, 6.07) is 19.1. The molecule has 0 aliphatic rings. The van der Waals surface area contributed by atoms with Gasteiger partial charge in [-0.15, -0.1) is 0 Å². The molecule has 2 aromatic carbocycles. The molecule has 0 aliphatic heterocycles. The zero-order chi connectivity index (χ0) is 17.9. The highest BCUT2D eigenvalue weighted by atomic mass is 15.0. The summed E-state index contributed by atoms with van der Waals surface area (Å²) in [6.07, 6.45) is 3.86. The van der Waals surface area contributed by atoms with Gasteiger partial charge in [0.05, 0.1) is 5.52 Å². The van der Waals surface area contributed by atoms with E-state index in [2.05, 4.69) is 68.4 Å². The summed E-state index contributed by atoms with van der Waals surface area (Å²) in [5, 5.41) is 4.74. The largest absolute Gasteiger partial charge is 0.380 e. The Kier molecular flexibility index (Phi) is 4.40. The van der Waals surface area contributed by atoms with Gasteiger partial charge in [0.25, 0.3) is 0 Å². The van der Waals surface area contributed by atoms with Crippen molar-refractivity contribution < 1.29 is 0 Å². The molecule has 0 spiro atoms. The Bertz CT molecular complexity index is 1050. The molecular formula is C22H22N4. The van der Waals surface area contributed by atoms with E-state index in [9.17, 15) is 0 Å². The van der Waals surface area contributed by atoms with Crippen molar-refractivity contribution >= 4 is 16.6 Å². The number of nitrogens with zero attached hydrogens (tertiary/aromatic N) is 3. The van der Waals surface area contributed by atoms with Gasteiger partial charge in [0.15, 0.2) is 0 Å². The number of rotatable bonds is 5. The zero-order valence-corrected chi connectivity index (χ0v) is 15.1. The highest BCUT2D eigenvalue weighted by Gasteiger charge is 2.04. The van der Waals surface area contributed by atoms with Crippen molar-refractivity contribution in [3.8, 4) is 0 Å². The summed E-state index contributed by atoms with van der Waals surface area (Å²) >= 11 is 0. The molecule has 4 nitrogen and oxygen atoms in total. The third-order valence-corrected chi connectivity index (χ3v) is 4.60. The maximum absolute atomic E-state index is 4.61. The van der Waals surface area contributed by atoms with Crippen molar-refractivity contribution in [1.82, 2.24) is 14.5 Å². The van der Waals surface area contributed by atoms with Gasteiger partial charge < -0.3 is 9.88 Å². The van der Waals surface area contributed by atoms with E-state index >= 15 is 0 Å². The summed E-state index contributed by atoms with van der Waals surface area (Å²) in [4.78, 5) is 8.90. The number of pyridine rings is 1. The molecular weight excluding hydrogens is 320 g/mol. The lowest BCUT2D eigenvalue weighted by Crippen LogP contribution is -2.04. The van der Waals surface area contributed by atoms with Crippen LogP contribution in [0.2, 0.25) is 0 Å². The normalized spacial score (nSPS) is 11.0. The van der Waals surface area contributed by atoms with Gasteiger partial charge in [-0.25, -0.2) is 4.98 Å². The van der Waals surface area contributed by atoms with Crippen LogP contribution in [0, 0.1) is 13.8 Å². The van der Waals surface area contributed by atoms with Crippen molar-refractivity contribution in [2.75, 3.05) is 5.32 Å². The summed E-state index contributed by atoms with van der Waals surface area (Å²) in [7, 11) is 0. The van der Waals surface area contributed by atoms with E-state index in [4.69, 9.17) is 0 Å². The lowest BCUT2D eigenvalue weighted by Gasteiger charge is -2.12. The third kappa shape index (κ3) is 3.45. The Labute approximate surface area is 153 Å². The second-order valence-electron chi connectivity index (χ2n) is 6.60. The number of aromatic nitrogens is 3. The number of fused-ring (bicyclic) bond motifs is 1. The molecule has 2 heterocycles. The topological polar surface area (TPSA) is 42.7 Å². The maximum atomic E-state index is 4.61. The molecule has 1 N–H and O–H groups in total. The van der Waals surface area contributed by atoms with Gasteiger partial charge in [0.2, 0.25) is 0 Å². The minimum atomic E-state index is 0.782. The quantitative estimate of drug-likeness (QED) is 0.571. The van der Waals surface area contributed by atoms with Crippen LogP contribution < -0.4 is 5.32 Å². The number of imidazole rings is 1. The van der Waals surface area contributed by atoms with Crippen LogP contribution in [0.4, 0.5) is 5.69 Å². The molecule has 130 valence electrons. The standard InChI is InChI=1S/C22H22N4/c1-16-12-22(20-8-3-4-9-21(20)25-16)24-14-18-6-5-7-19(13-18)15-26-11-10-23-17(26)2/h3-13H,14-15H2,1-2H3,(H,24,25). The van der Waals surface area contributed by atoms with Crippen molar-refractivity contribution in [3.63, 3.8) is 0 Å². The SMILES string of the molecule is Cc1cc(NCc2cccc(Cn3ccnc3C)c2)c2ccccc2n1. The molecule has 0 amide bonds. The predicted octanol–water partition coefficient (Wildman–Crippen LogP) is 4.71. The highest BCUT2D eigenvalue weighted by molar-refractivity contribution is 5.91. The molecule has 4 rings (SSSR count). The van der Waals surface area contributed by atoms with Gasteiger partial charge in [0.1, 0.15) is 5.82 Å². The average Bonchev–Trinajstić information content (AvgIpc) is 3.04. The van der Waals surface area contributed by atoms with E-state index in [0.717, 1.165) is 41.2 Å². The van der Waals surface area contributed by atoms with E-state index in [-0.39, 0.29) is 0 Å². The minimum Gasteiger partial charge on any atom is -0.380 e. The number of anilines is 1. The van der Waals surface area contributed by atoms with Gasteiger partial charge in [-0.1, -0.05) is 42.5 Å². The maximum Gasteiger partial charge on any atom is 0.105 e. The van der Waals surface area contributed by atoms with Crippen LogP contribution in [-0.4, -0.2) is 14.5 Å². The smallest absolute Gasteiger partial charge is 0.105 e. The number of aryl methyl sites for hydroxylation is 2. The van der Waals surface area contributed by atoms with Crippen molar-refractivity contribution in [2.24, 2.45) is 0 Å². The van der Waals surface area contributed by atoms with E-state index in [1.165, 1.54) is 11.1 Å². The van der Waals surface area contributed by atoms with Crippen molar-refractivity contribution in [3.05, 3.63) is 89.6 Å². The van der Waals surface area contributed by atoms with E-state index in [1.807, 2.05) is 32.3 Å². The second-order valence-corrected chi connectivity index (χ2v) is 6.60. The van der Waals surface area contributed by atoms with Crippen LogP contribution in [-0.2, 0) is 13.1 Å². The summed E-state index contributed by atoms with van der Waals surface area (Å²) in [5.41, 5.74) is 5.72. The number of nitrogens with one attached hydrogen (secondary N) is 1. The van der Waals surface area contributed by atoms with Crippen LogP contribution in [0.25, 0.3) is 10.9 Å². The molecule has 4 aromatic rings. The minimum absolute atomic E-state index is 0.782. The van der Waals surface area contributed by atoms with E-state index < -0.39 is 0 Å². The number of hydrogen-bond acceptors (Lipinski definition) is 3. The van der Waals surface area contributed by atoms with Gasteiger partial charge in [-0.2, -0.15) is 0 Å².